The lowest BCUT2D eigenvalue weighted by molar-refractivity contribution is -0.115. The van der Waals surface area contributed by atoms with Crippen molar-refractivity contribution >= 4 is 34.9 Å². The Balaban J connectivity index is 1.80. The Kier molecular flexibility index (Phi) is 6.65. The Bertz CT molecular complexity index is 747. The molecule has 0 heterocycles. The first-order chi connectivity index (χ1) is 12.0. The van der Waals surface area contributed by atoms with E-state index in [0.29, 0.717) is 28.6 Å². The standard InChI is InChI=1S/C18H19ClN2O4/c1-24-16-8-7-14(11-15(16)19)20-10-9-17(22)21-13-5-3-12(4-6-13)18(23)25-2/h3-8,11,20H,9-10H2,1-2H3,(H,21,22). The fraction of sp³-hybridized carbons (Fsp3) is 0.222. The molecule has 0 bridgehead atoms. The largest absolute Gasteiger partial charge is 0.495 e. The van der Waals surface area contributed by atoms with E-state index in [1.165, 1.54) is 7.11 Å². The highest BCUT2D eigenvalue weighted by Crippen LogP contribution is 2.27. The molecule has 2 aromatic carbocycles. The summed E-state index contributed by atoms with van der Waals surface area (Å²) in [6, 6.07) is 11.8. The van der Waals surface area contributed by atoms with E-state index in [-0.39, 0.29) is 12.3 Å². The molecule has 0 aliphatic rings. The van der Waals surface area contributed by atoms with Gasteiger partial charge in [-0.05, 0) is 42.5 Å². The van der Waals surface area contributed by atoms with E-state index < -0.39 is 5.97 Å². The van der Waals surface area contributed by atoms with Crippen molar-refractivity contribution in [3.63, 3.8) is 0 Å². The summed E-state index contributed by atoms with van der Waals surface area (Å²) in [6.45, 7) is 0.453. The third kappa shape index (κ3) is 5.39. The maximum absolute atomic E-state index is 12.0. The molecule has 6 nitrogen and oxygen atoms in total. The van der Waals surface area contributed by atoms with Gasteiger partial charge in [0.2, 0.25) is 5.91 Å². The summed E-state index contributed by atoms with van der Waals surface area (Å²) in [5, 5.41) is 6.39. The van der Waals surface area contributed by atoms with Crippen molar-refractivity contribution in [3.05, 3.63) is 53.1 Å². The third-order valence-electron chi connectivity index (χ3n) is 3.42. The zero-order valence-electron chi connectivity index (χ0n) is 14.0. The van der Waals surface area contributed by atoms with Gasteiger partial charge in [-0.25, -0.2) is 4.79 Å². The number of nitrogens with one attached hydrogen (secondary N) is 2. The number of carbonyl (C=O) groups excluding carboxylic acids is 2. The molecule has 0 aromatic heterocycles. The molecule has 0 aliphatic carbocycles. The summed E-state index contributed by atoms with van der Waals surface area (Å²) in [5.41, 5.74) is 1.85. The van der Waals surface area contributed by atoms with Gasteiger partial charge in [-0.1, -0.05) is 11.6 Å². The summed E-state index contributed by atoms with van der Waals surface area (Å²) in [7, 11) is 2.87. The Morgan fingerprint density at radius 2 is 1.72 bits per heavy atom. The maximum Gasteiger partial charge on any atom is 0.337 e. The number of anilines is 2. The number of hydrogen-bond donors (Lipinski definition) is 2. The Morgan fingerprint density at radius 3 is 2.32 bits per heavy atom. The summed E-state index contributed by atoms with van der Waals surface area (Å²) < 4.78 is 9.71. The van der Waals surface area contributed by atoms with Gasteiger partial charge in [0.15, 0.2) is 0 Å². The van der Waals surface area contributed by atoms with Gasteiger partial charge in [0.05, 0.1) is 24.8 Å². The monoisotopic (exact) mass is 362 g/mol. The summed E-state index contributed by atoms with van der Waals surface area (Å²) in [6.07, 6.45) is 0.280. The van der Waals surface area contributed by atoms with Crippen LogP contribution < -0.4 is 15.4 Å². The molecule has 0 spiro atoms. The van der Waals surface area contributed by atoms with Gasteiger partial charge in [-0.3, -0.25) is 4.79 Å². The predicted molar refractivity (Wildman–Crippen MR) is 97.5 cm³/mol. The van der Waals surface area contributed by atoms with Crippen molar-refractivity contribution in [2.45, 2.75) is 6.42 Å². The van der Waals surface area contributed by atoms with Crippen molar-refractivity contribution in [3.8, 4) is 5.75 Å². The van der Waals surface area contributed by atoms with Crippen molar-refractivity contribution in [1.82, 2.24) is 0 Å². The minimum Gasteiger partial charge on any atom is -0.495 e. The van der Waals surface area contributed by atoms with Crippen LogP contribution in [0.2, 0.25) is 5.02 Å². The molecule has 0 unspecified atom stereocenters. The molecule has 1 amide bonds. The lowest BCUT2D eigenvalue weighted by Crippen LogP contribution is -2.16. The molecule has 0 aliphatic heterocycles. The smallest absolute Gasteiger partial charge is 0.337 e. The fourth-order valence-corrected chi connectivity index (χ4v) is 2.39. The van der Waals surface area contributed by atoms with Crippen LogP contribution in [-0.2, 0) is 9.53 Å². The van der Waals surface area contributed by atoms with E-state index >= 15 is 0 Å². The quantitative estimate of drug-likeness (QED) is 0.736. The molecule has 0 radical (unpaired) electrons. The first-order valence-corrected chi connectivity index (χ1v) is 7.97. The van der Waals surface area contributed by atoms with Crippen LogP contribution in [0, 0.1) is 0 Å². The number of esters is 1. The van der Waals surface area contributed by atoms with E-state index in [9.17, 15) is 9.59 Å². The number of methoxy groups -OCH3 is 2. The Hall–Kier alpha value is -2.73. The van der Waals surface area contributed by atoms with Crippen LogP contribution in [0.4, 0.5) is 11.4 Å². The van der Waals surface area contributed by atoms with Crippen molar-refractivity contribution in [1.29, 1.82) is 0 Å². The minimum absolute atomic E-state index is 0.141. The number of ether oxygens (including phenoxy) is 2. The number of rotatable bonds is 7. The van der Waals surface area contributed by atoms with Crippen molar-refractivity contribution < 1.29 is 19.1 Å². The van der Waals surface area contributed by atoms with Crippen LogP contribution in [0.25, 0.3) is 0 Å². The second kappa shape index (κ2) is 8.94. The highest BCUT2D eigenvalue weighted by atomic mass is 35.5. The van der Waals surface area contributed by atoms with Crippen LogP contribution in [0.1, 0.15) is 16.8 Å². The topological polar surface area (TPSA) is 76.7 Å². The highest BCUT2D eigenvalue weighted by Gasteiger charge is 2.07. The third-order valence-corrected chi connectivity index (χ3v) is 3.72. The number of halogens is 1. The second-order valence-corrected chi connectivity index (χ2v) is 5.55. The Labute approximate surface area is 151 Å². The SMILES string of the molecule is COC(=O)c1ccc(NC(=O)CCNc2ccc(OC)c(Cl)c2)cc1. The molecule has 2 N–H and O–H groups in total. The molecule has 2 rings (SSSR count). The van der Waals surface area contributed by atoms with E-state index in [1.54, 1.807) is 43.5 Å². The highest BCUT2D eigenvalue weighted by molar-refractivity contribution is 6.32. The number of benzene rings is 2. The number of hydrogen-bond acceptors (Lipinski definition) is 5. The maximum atomic E-state index is 12.0. The van der Waals surface area contributed by atoms with Gasteiger partial charge in [0.25, 0.3) is 0 Å². The number of carbonyl (C=O) groups is 2. The molecule has 0 saturated carbocycles. The molecule has 0 saturated heterocycles. The van der Waals surface area contributed by atoms with Crippen LogP contribution in [0.15, 0.2) is 42.5 Å². The summed E-state index contributed by atoms with van der Waals surface area (Å²) >= 11 is 6.05. The molecule has 2 aromatic rings. The minimum atomic E-state index is -0.416. The van der Waals surface area contributed by atoms with Gasteiger partial charge in [0, 0.05) is 24.3 Å². The van der Waals surface area contributed by atoms with Crippen LogP contribution in [0.5, 0.6) is 5.75 Å². The lowest BCUT2D eigenvalue weighted by Gasteiger charge is -2.09. The fourth-order valence-electron chi connectivity index (χ4n) is 2.13. The average molecular weight is 363 g/mol. The predicted octanol–water partition coefficient (Wildman–Crippen LogP) is 3.58. The zero-order valence-corrected chi connectivity index (χ0v) is 14.7. The van der Waals surface area contributed by atoms with Gasteiger partial charge in [0.1, 0.15) is 5.75 Å². The van der Waals surface area contributed by atoms with Gasteiger partial charge in [-0.2, -0.15) is 0 Å². The van der Waals surface area contributed by atoms with Gasteiger partial charge >= 0.3 is 5.97 Å². The molecular formula is C18H19ClN2O4. The average Bonchev–Trinajstić information content (AvgIpc) is 2.62. The first-order valence-electron chi connectivity index (χ1n) is 7.59. The van der Waals surface area contributed by atoms with Gasteiger partial charge < -0.3 is 20.1 Å². The molecular weight excluding hydrogens is 344 g/mol. The normalized spacial score (nSPS) is 10.0. The van der Waals surface area contributed by atoms with Crippen LogP contribution in [-0.4, -0.2) is 32.6 Å². The van der Waals surface area contributed by atoms with Gasteiger partial charge in [-0.15, -0.1) is 0 Å². The molecule has 0 atom stereocenters. The molecule has 7 heteroatoms. The van der Waals surface area contributed by atoms with Crippen LogP contribution in [0.3, 0.4) is 0 Å². The summed E-state index contributed by atoms with van der Waals surface area (Å²) in [5.74, 6) is 0.0403. The van der Waals surface area contributed by atoms with Crippen LogP contribution >= 0.6 is 11.6 Å². The van der Waals surface area contributed by atoms with E-state index in [4.69, 9.17) is 16.3 Å². The lowest BCUT2D eigenvalue weighted by atomic mass is 10.2. The van der Waals surface area contributed by atoms with E-state index in [0.717, 1.165) is 5.69 Å². The first kappa shape index (κ1) is 18.6. The molecule has 25 heavy (non-hydrogen) atoms. The summed E-state index contributed by atoms with van der Waals surface area (Å²) in [4.78, 5) is 23.3. The molecule has 132 valence electrons. The van der Waals surface area contributed by atoms with Crippen molar-refractivity contribution in [2.75, 3.05) is 31.4 Å². The van der Waals surface area contributed by atoms with E-state index in [2.05, 4.69) is 15.4 Å². The molecule has 0 fully saturated rings. The Morgan fingerprint density at radius 1 is 1.04 bits per heavy atom. The van der Waals surface area contributed by atoms with Crippen molar-refractivity contribution in [2.24, 2.45) is 0 Å². The van der Waals surface area contributed by atoms with E-state index in [1.807, 2.05) is 6.07 Å². The second-order valence-electron chi connectivity index (χ2n) is 5.14. The number of amides is 1. The zero-order chi connectivity index (χ0) is 18.2.